The molecule has 0 unspecified atom stereocenters. The maximum absolute atomic E-state index is 11.5. The van der Waals surface area contributed by atoms with Crippen molar-refractivity contribution in [3.05, 3.63) is 0 Å². The molecule has 8 heteroatoms. The Morgan fingerprint density at radius 3 is 2.40 bits per heavy atom. The lowest BCUT2D eigenvalue weighted by atomic mass is 10.1. The molecule has 0 rings (SSSR count). The summed E-state index contributed by atoms with van der Waals surface area (Å²) < 4.78 is 0. The Morgan fingerprint density at radius 1 is 1.15 bits per heavy atom. The van der Waals surface area contributed by atoms with E-state index in [1.54, 1.807) is 0 Å². The van der Waals surface area contributed by atoms with E-state index in [4.69, 9.17) is 5.26 Å². The van der Waals surface area contributed by atoms with Crippen molar-refractivity contribution in [1.82, 2.24) is 5.32 Å². The van der Waals surface area contributed by atoms with Gasteiger partial charge in [0.05, 0.1) is 0 Å². The fraction of sp³-hybridized carbons (Fsp3) is 0.917. The predicted molar refractivity (Wildman–Crippen MR) is 69.5 cm³/mol. The van der Waals surface area contributed by atoms with E-state index < -0.39 is 30.8 Å². The van der Waals surface area contributed by atoms with Gasteiger partial charge in [-0.1, -0.05) is 37.6 Å². The minimum absolute atomic E-state index is 0.401. The van der Waals surface area contributed by atoms with Gasteiger partial charge >= 0.3 is 0 Å². The van der Waals surface area contributed by atoms with Crippen molar-refractivity contribution in [3.63, 3.8) is 0 Å². The van der Waals surface area contributed by atoms with Crippen LogP contribution in [0.15, 0.2) is 0 Å². The van der Waals surface area contributed by atoms with Crippen molar-refractivity contribution in [1.29, 1.82) is 0 Å². The average molecular weight is 295 g/mol. The summed E-state index contributed by atoms with van der Waals surface area (Å²) in [4.78, 5) is 15.5. The standard InChI is InChI=1S/C12H25NO7/c1-2-3-4-5-6-7-13-12(17)11(16)10(15)9(14)8-19-20-18/h9-11,14-16,18H,2-8H2,1H3,(H,13,17)/t9-,10-,11-/m1/s1. The van der Waals surface area contributed by atoms with Crippen molar-refractivity contribution in [2.45, 2.75) is 57.3 Å². The molecule has 0 aliphatic carbocycles. The summed E-state index contributed by atoms with van der Waals surface area (Å²) in [6.45, 7) is 1.92. The maximum Gasteiger partial charge on any atom is 0.251 e. The van der Waals surface area contributed by atoms with Gasteiger partial charge in [0.25, 0.3) is 5.91 Å². The van der Waals surface area contributed by atoms with E-state index in [9.17, 15) is 20.1 Å². The summed E-state index contributed by atoms with van der Waals surface area (Å²) in [6.07, 6.45) is 0.0776. The summed E-state index contributed by atoms with van der Waals surface area (Å²) in [5.74, 6) is -0.767. The van der Waals surface area contributed by atoms with Gasteiger partial charge in [-0.2, -0.15) is 0 Å². The molecule has 120 valence electrons. The Bertz CT molecular complexity index is 252. The van der Waals surface area contributed by atoms with E-state index in [0.29, 0.717) is 6.54 Å². The molecule has 0 bridgehead atoms. The molecule has 0 spiro atoms. The number of hydrogen-bond donors (Lipinski definition) is 5. The van der Waals surface area contributed by atoms with Gasteiger partial charge < -0.3 is 20.6 Å². The summed E-state index contributed by atoms with van der Waals surface area (Å²) in [6, 6.07) is 0. The molecule has 0 aromatic heterocycles. The van der Waals surface area contributed by atoms with Gasteiger partial charge in [0.15, 0.2) is 6.10 Å². The highest BCUT2D eigenvalue weighted by Crippen LogP contribution is 2.03. The van der Waals surface area contributed by atoms with Crippen LogP contribution in [0.2, 0.25) is 0 Å². The third kappa shape index (κ3) is 8.41. The highest BCUT2D eigenvalue weighted by atomic mass is 17.5. The third-order valence-corrected chi connectivity index (χ3v) is 2.86. The van der Waals surface area contributed by atoms with Crippen LogP contribution in [0.4, 0.5) is 0 Å². The highest BCUT2D eigenvalue weighted by Gasteiger charge is 2.30. The second-order valence-corrected chi connectivity index (χ2v) is 4.57. The lowest BCUT2D eigenvalue weighted by molar-refractivity contribution is -0.495. The third-order valence-electron chi connectivity index (χ3n) is 2.86. The number of amides is 1. The normalized spacial score (nSPS) is 15.7. The summed E-state index contributed by atoms with van der Waals surface area (Å²) in [5, 5.41) is 41.9. The van der Waals surface area contributed by atoms with Crippen molar-refractivity contribution in [3.8, 4) is 0 Å². The Morgan fingerprint density at radius 2 is 1.80 bits per heavy atom. The molecule has 0 aromatic rings. The van der Waals surface area contributed by atoms with Crippen molar-refractivity contribution >= 4 is 5.91 Å². The summed E-state index contributed by atoms with van der Waals surface area (Å²) in [5.41, 5.74) is 0. The first kappa shape index (κ1) is 19.2. The summed E-state index contributed by atoms with van der Waals surface area (Å²) >= 11 is 0. The van der Waals surface area contributed by atoms with Gasteiger partial charge in [0.1, 0.15) is 18.8 Å². The summed E-state index contributed by atoms with van der Waals surface area (Å²) in [7, 11) is 0. The fourth-order valence-electron chi connectivity index (χ4n) is 1.61. The van der Waals surface area contributed by atoms with Gasteiger partial charge in [0, 0.05) is 6.54 Å². The highest BCUT2D eigenvalue weighted by molar-refractivity contribution is 5.81. The predicted octanol–water partition coefficient (Wildman–Crippen LogP) is -0.423. The molecule has 0 heterocycles. The van der Waals surface area contributed by atoms with Gasteiger partial charge in [-0.05, 0) is 6.42 Å². The number of unbranched alkanes of at least 4 members (excludes halogenated alkanes) is 4. The molecule has 0 saturated carbocycles. The van der Waals surface area contributed by atoms with Crippen molar-refractivity contribution in [2.24, 2.45) is 0 Å². The zero-order valence-corrected chi connectivity index (χ0v) is 11.7. The molecule has 0 radical (unpaired) electrons. The van der Waals surface area contributed by atoms with Crippen molar-refractivity contribution in [2.75, 3.05) is 13.2 Å². The molecule has 3 atom stereocenters. The Hall–Kier alpha value is -0.770. The zero-order chi connectivity index (χ0) is 15.4. The van der Waals surface area contributed by atoms with Crippen LogP contribution in [0, 0.1) is 0 Å². The average Bonchev–Trinajstić information content (AvgIpc) is 2.46. The molecule has 0 aliphatic rings. The number of carbonyl (C=O) groups is 1. The molecule has 1 amide bonds. The van der Waals surface area contributed by atoms with Gasteiger partial charge in [-0.3, -0.25) is 4.79 Å². The van der Waals surface area contributed by atoms with Crippen LogP contribution in [0.25, 0.3) is 0 Å². The quantitative estimate of drug-likeness (QED) is 0.188. The minimum Gasteiger partial charge on any atom is -0.388 e. The van der Waals surface area contributed by atoms with Crippen LogP contribution in [-0.4, -0.2) is 57.9 Å². The molecular formula is C12H25NO7. The molecule has 0 saturated heterocycles. The maximum atomic E-state index is 11.5. The van der Waals surface area contributed by atoms with Gasteiger partial charge in [0.2, 0.25) is 0 Å². The van der Waals surface area contributed by atoms with Crippen LogP contribution in [-0.2, 0) is 14.7 Å². The molecule has 0 aliphatic heterocycles. The molecule has 5 N–H and O–H groups in total. The first-order chi connectivity index (χ1) is 9.54. The van der Waals surface area contributed by atoms with E-state index >= 15 is 0 Å². The van der Waals surface area contributed by atoms with Crippen molar-refractivity contribution < 1.29 is 35.3 Å². The molecule has 20 heavy (non-hydrogen) atoms. The van der Waals surface area contributed by atoms with Crippen LogP contribution < -0.4 is 5.32 Å². The first-order valence-corrected chi connectivity index (χ1v) is 6.79. The molecular weight excluding hydrogens is 270 g/mol. The van der Waals surface area contributed by atoms with Crippen LogP contribution in [0.3, 0.4) is 0 Å². The lowest BCUT2D eigenvalue weighted by Crippen LogP contribution is -2.48. The van der Waals surface area contributed by atoms with Crippen LogP contribution >= 0.6 is 0 Å². The van der Waals surface area contributed by atoms with Crippen LogP contribution in [0.1, 0.15) is 39.0 Å². The number of aliphatic hydroxyl groups is 3. The molecule has 0 fully saturated rings. The van der Waals surface area contributed by atoms with Crippen LogP contribution in [0.5, 0.6) is 0 Å². The first-order valence-electron chi connectivity index (χ1n) is 6.79. The smallest absolute Gasteiger partial charge is 0.251 e. The fourth-order valence-corrected chi connectivity index (χ4v) is 1.61. The number of aliphatic hydroxyl groups excluding tert-OH is 3. The Kier molecular flexibility index (Phi) is 11.5. The van der Waals surface area contributed by atoms with E-state index in [0.717, 1.165) is 32.1 Å². The Labute approximate surface area is 118 Å². The number of nitrogens with one attached hydrogen (secondary N) is 1. The van der Waals surface area contributed by atoms with E-state index in [-0.39, 0.29) is 0 Å². The second kappa shape index (κ2) is 12.0. The Balaban J connectivity index is 3.83. The van der Waals surface area contributed by atoms with E-state index in [2.05, 4.69) is 22.2 Å². The lowest BCUT2D eigenvalue weighted by Gasteiger charge is -2.21. The SMILES string of the molecule is CCCCCCCNC(=O)[C@H](O)[C@H](O)[C@H](O)COOO. The van der Waals surface area contributed by atoms with Gasteiger partial charge in [-0.25, -0.2) is 10.1 Å². The number of carbonyl (C=O) groups excluding carboxylic acids is 1. The van der Waals surface area contributed by atoms with Gasteiger partial charge in [-0.15, -0.1) is 0 Å². The number of rotatable bonds is 12. The largest absolute Gasteiger partial charge is 0.388 e. The second-order valence-electron chi connectivity index (χ2n) is 4.57. The van der Waals surface area contributed by atoms with E-state index in [1.165, 1.54) is 0 Å². The molecule has 0 aromatic carbocycles. The number of hydrogen-bond acceptors (Lipinski definition) is 7. The minimum atomic E-state index is -1.78. The molecule has 8 nitrogen and oxygen atoms in total. The monoisotopic (exact) mass is 295 g/mol. The zero-order valence-electron chi connectivity index (χ0n) is 11.7. The van der Waals surface area contributed by atoms with E-state index in [1.807, 2.05) is 0 Å². The topological polar surface area (TPSA) is 128 Å².